The van der Waals surface area contributed by atoms with E-state index in [1.54, 1.807) is 7.05 Å². The van der Waals surface area contributed by atoms with E-state index >= 15 is 0 Å². The zero-order valence-electron chi connectivity index (χ0n) is 5.92. The maximum absolute atomic E-state index is 10.9. The molecule has 0 fully saturated rings. The quantitative estimate of drug-likeness (QED) is 0.455. The molecule has 0 aromatic heterocycles. The van der Waals surface area contributed by atoms with Crippen LogP contribution in [0.3, 0.4) is 0 Å². The molecule has 0 bridgehead atoms. The third-order valence-electron chi connectivity index (χ3n) is 1.04. The first-order chi connectivity index (χ1) is 4.63. The van der Waals surface area contributed by atoms with Crippen molar-refractivity contribution < 1.29 is 4.79 Å². The molecular weight excluding hydrogens is 128 g/mol. The van der Waals surface area contributed by atoms with Gasteiger partial charge >= 0.3 is 0 Å². The van der Waals surface area contributed by atoms with Gasteiger partial charge in [0.05, 0.1) is 5.57 Å². The van der Waals surface area contributed by atoms with Gasteiger partial charge in [0.2, 0.25) is 0 Å². The number of carbonyl (C=O) groups is 1. The molecule has 0 saturated carbocycles. The minimum absolute atomic E-state index is 0.155. The van der Waals surface area contributed by atoms with Crippen molar-refractivity contribution >= 4 is 12.1 Å². The number of likely N-dealkylation sites (N-methyl/N-ethyl adjacent to an activating group) is 1. The lowest BCUT2D eigenvalue weighted by atomic mass is 10.3. The van der Waals surface area contributed by atoms with E-state index in [4.69, 9.17) is 5.41 Å². The van der Waals surface area contributed by atoms with Crippen LogP contribution in [0.5, 0.6) is 0 Å². The molecule has 3 heteroatoms. The topological polar surface area (TPSA) is 44.2 Å². The van der Waals surface area contributed by atoms with Crippen LogP contribution in [0.4, 0.5) is 0 Å². The number of hydrogen-bond donors (Lipinski definition) is 1. The van der Waals surface area contributed by atoms with Gasteiger partial charge < -0.3 is 10.3 Å². The number of amides is 1. The van der Waals surface area contributed by atoms with E-state index < -0.39 is 0 Å². The Balaban J connectivity index is 4.21. The van der Waals surface area contributed by atoms with Gasteiger partial charge in [-0.25, -0.2) is 0 Å². The van der Waals surface area contributed by atoms with Gasteiger partial charge in [0.1, 0.15) is 0 Å². The highest BCUT2D eigenvalue weighted by Gasteiger charge is 2.05. The van der Waals surface area contributed by atoms with Crippen molar-refractivity contribution in [1.29, 1.82) is 5.41 Å². The van der Waals surface area contributed by atoms with Crippen LogP contribution >= 0.6 is 0 Å². The first kappa shape index (κ1) is 8.62. The molecule has 0 radical (unpaired) electrons. The summed E-state index contributed by atoms with van der Waals surface area (Å²) in [5.41, 5.74) is 0.155. The normalized spacial score (nSPS) is 8.10. The number of nitrogens with zero attached hydrogens (tertiary/aromatic N) is 1. The Morgan fingerprint density at radius 3 is 2.50 bits per heavy atom. The smallest absolute Gasteiger partial charge is 0.258 e. The van der Waals surface area contributed by atoms with Crippen LogP contribution in [0.1, 0.15) is 0 Å². The predicted octanol–water partition coefficient (Wildman–Crippen LogP) is 0.794. The Kier molecular flexibility index (Phi) is 3.11. The minimum atomic E-state index is -0.301. The zero-order chi connectivity index (χ0) is 8.15. The second-order valence-corrected chi connectivity index (χ2v) is 1.77. The molecule has 0 aliphatic carbocycles. The van der Waals surface area contributed by atoms with Crippen molar-refractivity contribution in [3.8, 4) is 0 Å². The van der Waals surface area contributed by atoms with Gasteiger partial charge in [0.25, 0.3) is 5.91 Å². The van der Waals surface area contributed by atoms with Gasteiger partial charge in [0.15, 0.2) is 0 Å². The lowest BCUT2D eigenvalue weighted by Gasteiger charge is -2.09. The standard InChI is InChI=1S/C7H10N2O/c1-4-9(3)7(10)6(2)5-8/h4-5,8H,1-2H2,3H3. The molecule has 0 unspecified atom stereocenters. The van der Waals surface area contributed by atoms with Crippen LogP contribution in [0.15, 0.2) is 24.9 Å². The molecule has 0 aromatic carbocycles. The van der Waals surface area contributed by atoms with Crippen LogP contribution in [0.2, 0.25) is 0 Å². The molecule has 0 rings (SSSR count). The Morgan fingerprint density at radius 2 is 2.20 bits per heavy atom. The summed E-state index contributed by atoms with van der Waals surface area (Å²) in [5, 5.41) is 6.70. The maximum Gasteiger partial charge on any atom is 0.258 e. The number of nitrogens with one attached hydrogen (secondary N) is 1. The summed E-state index contributed by atoms with van der Waals surface area (Å²) in [6.07, 6.45) is 2.29. The summed E-state index contributed by atoms with van der Waals surface area (Å²) in [4.78, 5) is 12.2. The van der Waals surface area contributed by atoms with E-state index in [9.17, 15) is 4.79 Å². The molecule has 0 spiro atoms. The van der Waals surface area contributed by atoms with E-state index in [0.717, 1.165) is 6.21 Å². The second kappa shape index (κ2) is 3.61. The summed E-state index contributed by atoms with van der Waals surface area (Å²) < 4.78 is 0. The van der Waals surface area contributed by atoms with Crippen LogP contribution in [-0.2, 0) is 4.79 Å². The Hall–Kier alpha value is -1.38. The molecule has 0 aliphatic heterocycles. The molecule has 0 saturated heterocycles. The van der Waals surface area contributed by atoms with Crippen molar-refractivity contribution in [2.75, 3.05) is 7.05 Å². The predicted molar refractivity (Wildman–Crippen MR) is 40.9 cm³/mol. The Labute approximate surface area is 60.2 Å². The summed E-state index contributed by atoms with van der Waals surface area (Å²) >= 11 is 0. The molecule has 0 aromatic rings. The maximum atomic E-state index is 10.9. The second-order valence-electron chi connectivity index (χ2n) is 1.77. The van der Waals surface area contributed by atoms with Gasteiger partial charge in [-0.05, 0) is 6.20 Å². The monoisotopic (exact) mass is 138 g/mol. The highest BCUT2D eigenvalue weighted by Crippen LogP contribution is 1.92. The summed E-state index contributed by atoms with van der Waals surface area (Å²) in [7, 11) is 1.56. The van der Waals surface area contributed by atoms with E-state index in [-0.39, 0.29) is 11.5 Å². The Bertz CT molecular complexity index is 184. The highest BCUT2D eigenvalue weighted by atomic mass is 16.2. The Morgan fingerprint density at radius 1 is 1.70 bits per heavy atom. The molecular formula is C7H10N2O. The SMILES string of the molecule is C=CN(C)C(=O)C(=C)C=N. The first-order valence-corrected chi connectivity index (χ1v) is 2.72. The molecule has 0 aliphatic rings. The number of rotatable bonds is 3. The van der Waals surface area contributed by atoms with Gasteiger partial charge in [-0.1, -0.05) is 13.2 Å². The number of carbonyl (C=O) groups excluding carboxylic acids is 1. The average molecular weight is 138 g/mol. The van der Waals surface area contributed by atoms with Gasteiger partial charge in [-0.2, -0.15) is 0 Å². The first-order valence-electron chi connectivity index (χ1n) is 2.72. The van der Waals surface area contributed by atoms with Crippen LogP contribution < -0.4 is 0 Å². The fourth-order valence-corrected chi connectivity index (χ4v) is 0.371. The van der Waals surface area contributed by atoms with Crippen molar-refractivity contribution in [2.24, 2.45) is 0 Å². The molecule has 1 amide bonds. The zero-order valence-corrected chi connectivity index (χ0v) is 5.92. The van der Waals surface area contributed by atoms with Gasteiger partial charge in [0, 0.05) is 13.3 Å². The third kappa shape index (κ3) is 1.85. The van der Waals surface area contributed by atoms with E-state index in [1.165, 1.54) is 11.1 Å². The van der Waals surface area contributed by atoms with Crippen LogP contribution in [0, 0.1) is 5.41 Å². The molecule has 3 nitrogen and oxygen atoms in total. The molecule has 1 N–H and O–H groups in total. The minimum Gasteiger partial charge on any atom is -0.319 e. The highest BCUT2D eigenvalue weighted by molar-refractivity contribution is 6.10. The van der Waals surface area contributed by atoms with Crippen molar-refractivity contribution in [2.45, 2.75) is 0 Å². The van der Waals surface area contributed by atoms with Crippen LogP contribution in [0.25, 0.3) is 0 Å². The van der Waals surface area contributed by atoms with Crippen molar-refractivity contribution in [3.05, 3.63) is 24.9 Å². The molecule has 10 heavy (non-hydrogen) atoms. The fourth-order valence-electron chi connectivity index (χ4n) is 0.371. The molecule has 0 heterocycles. The van der Waals surface area contributed by atoms with Crippen molar-refractivity contribution in [3.63, 3.8) is 0 Å². The van der Waals surface area contributed by atoms with E-state index in [2.05, 4.69) is 13.2 Å². The van der Waals surface area contributed by atoms with E-state index in [1.807, 2.05) is 0 Å². The summed E-state index contributed by atoms with van der Waals surface area (Å²) in [5.74, 6) is -0.301. The van der Waals surface area contributed by atoms with Gasteiger partial charge in [-0.3, -0.25) is 4.79 Å². The lowest BCUT2D eigenvalue weighted by Crippen LogP contribution is -2.22. The average Bonchev–Trinajstić information content (AvgIpc) is 2.00. The molecule has 0 atom stereocenters. The molecule has 54 valence electrons. The lowest BCUT2D eigenvalue weighted by molar-refractivity contribution is -0.123. The fraction of sp³-hybridized carbons (Fsp3) is 0.143. The van der Waals surface area contributed by atoms with Crippen LogP contribution in [-0.4, -0.2) is 24.1 Å². The summed E-state index contributed by atoms with van der Waals surface area (Å²) in [6, 6.07) is 0. The largest absolute Gasteiger partial charge is 0.319 e. The van der Waals surface area contributed by atoms with E-state index in [0.29, 0.717) is 0 Å². The van der Waals surface area contributed by atoms with Crippen molar-refractivity contribution in [1.82, 2.24) is 4.90 Å². The van der Waals surface area contributed by atoms with Gasteiger partial charge in [-0.15, -0.1) is 0 Å². The number of hydrogen-bond acceptors (Lipinski definition) is 2. The summed E-state index contributed by atoms with van der Waals surface area (Å²) in [6.45, 7) is 6.75. The third-order valence-corrected chi connectivity index (χ3v) is 1.04.